The minimum absolute atomic E-state index is 0.838. The molecule has 4 N–H and O–H groups in total. The Hall–Kier alpha value is -0.120. The van der Waals surface area contributed by atoms with Crippen LogP contribution in [0, 0.1) is 6.92 Å². The van der Waals surface area contributed by atoms with Crippen molar-refractivity contribution in [2.75, 3.05) is 0 Å². The van der Waals surface area contributed by atoms with Crippen molar-refractivity contribution in [1.29, 1.82) is 0 Å². The molecule has 0 rings (SSSR count). The summed E-state index contributed by atoms with van der Waals surface area (Å²) in [6, 6.07) is 0. The summed E-state index contributed by atoms with van der Waals surface area (Å²) in [6.45, 7) is 3.08. The van der Waals surface area contributed by atoms with E-state index in [1.54, 1.807) is 0 Å². The van der Waals surface area contributed by atoms with Crippen LogP contribution in [-0.2, 0) is 0 Å². The second-order valence-electron chi connectivity index (χ2n) is 0.682. The first-order valence-electron chi connectivity index (χ1n) is 1.24. The molecule has 0 spiro atoms. The number of nitrogens with one attached hydrogen (secondary N) is 1. The van der Waals surface area contributed by atoms with E-state index in [0.29, 0.717) is 0 Å². The third kappa shape index (κ3) is 3.88. The van der Waals surface area contributed by atoms with Gasteiger partial charge >= 0.3 is 0 Å². The van der Waals surface area contributed by atoms with Crippen LogP contribution in [0.15, 0.2) is 0 Å². The fourth-order valence-electron chi connectivity index (χ4n) is 0. The van der Waals surface area contributed by atoms with Crippen molar-refractivity contribution < 1.29 is 5.11 Å². The number of hydrazine groups is 1. The fraction of sp³-hybridized carbons (Fsp3) is 0.500. The molecule has 3 heteroatoms. The van der Waals surface area contributed by atoms with Gasteiger partial charge < -0.3 is 5.11 Å². The summed E-state index contributed by atoms with van der Waals surface area (Å²) in [7, 11) is 0. The zero-order chi connectivity index (χ0) is 4.28. The first-order chi connectivity index (χ1) is 2.27. The normalized spacial score (nSPS) is 15.0. The van der Waals surface area contributed by atoms with E-state index in [4.69, 9.17) is 5.11 Å². The lowest BCUT2D eigenvalue weighted by atomic mass is 10.7. The van der Waals surface area contributed by atoms with Crippen LogP contribution in [0.5, 0.6) is 0 Å². The molecule has 5 heavy (non-hydrogen) atoms. The van der Waals surface area contributed by atoms with Crippen LogP contribution in [0.3, 0.4) is 0 Å². The van der Waals surface area contributed by atoms with E-state index >= 15 is 0 Å². The van der Waals surface area contributed by atoms with Crippen LogP contribution in [-0.4, -0.2) is 11.3 Å². The molecule has 0 amide bonds. The van der Waals surface area contributed by atoms with E-state index < -0.39 is 6.23 Å². The number of aliphatic hydroxyl groups is 1. The predicted octanol–water partition coefficient (Wildman–Crippen LogP) is -1.40. The van der Waals surface area contributed by atoms with Gasteiger partial charge in [-0.1, -0.05) is 0 Å². The summed E-state index contributed by atoms with van der Waals surface area (Å²) in [6.07, 6.45) is -0.838. The van der Waals surface area contributed by atoms with E-state index in [1.807, 2.05) is 5.43 Å². The number of hydrogen-bond acceptors (Lipinski definition) is 3. The Morgan fingerprint density at radius 2 is 2.20 bits per heavy atom. The summed E-state index contributed by atoms with van der Waals surface area (Å²) in [5.41, 5.74) is 1.97. The average molecular weight is 75.1 g/mol. The summed E-state index contributed by atoms with van der Waals surface area (Å²) in [4.78, 5) is 0. The van der Waals surface area contributed by atoms with E-state index in [2.05, 4.69) is 12.8 Å². The van der Waals surface area contributed by atoms with Crippen LogP contribution < -0.4 is 11.3 Å². The Labute approximate surface area is 30.8 Å². The average Bonchev–Trinajstić information content (AvgIpc) is 1.38. The predicted molar refractivity (Wildman–Crippen MR) is 18.7 cm³/mol. The Balaban J connectivity index is 2.54. The lowest BCUT2D eigenvalue weighted by molar-refractivity contribution is 0.183. The van der Waals surface area contributed by atoms with Crippen molar-refractivity contribution in [1.82, 2.24) is 5.43 Å². The molecule has 0 aromatic rings. The zero-order valence-electron chi connectivity index (χ0n) is 2.81. The molecule has 0 aliphatic heterocycles. The van der Waals surface area contributed by atoms with E-state index in [9.17, 15) is 0 Å². The Morgan fingerprint density at radius 1 is 2.00 bits per heavy atom. The molecular formula is C2H7N2O. The molecule has 1 atom stereocenters. The quantitative estimate of drug-likeness (QED) is 0.204. The van der Waals surface area contributed by atoms with Gasteiger partial charge in [-0.05, 0) is 6.92 Å². The minimum Gasteiger partial charge on any atom is -0.377 e. The van der Waals surface area contributed by atoms with Crippen molar-refractivity contribution in [3.63, 3.8) is 0 Å². The van der Waals surface area contributed by atoms with Crippen LogP contribution in [0.4, 0.5) is 0 Å². The van der Waals surface area contributed by atoms with Crippen LogP contribution in [0.2, 0.25) is 0 Å². The van der Waals surface area contributed by atoms with E-state index in [-0.39, 0.29) is 0 Å². The highest BCUT2D eigenvalue weighted by Gasteiger charge is 1.79. The SMILES string of the molecule is [CH2]C(O)NN. The van der Waals surface area contributed by atoms with Gasteiger partial charge in [0.2, 0.25) is 0 Å². The maximum absolute atomic E-state index is 8.01. The number of aliphatic hydroxyl groups excluding tert-OH is 1. The van der Waals surface area contributed by atoms with Crippen LogP contribution in [0.1, 0.15) is 0 Å². The first kappa shape index (κ1) is 4.88. The van der Waals surface area contributed by atoms with Gasteiger partial charge in [0, 0.05) is 0 Å². The first-order valence-corrected chi connectivity index (χ1v) is 1.24. The molecule has 0 aromatic carbocycles. The molecule has 0 fully saturated rings. The van der Waals surface area contributed by atoms with Gasteiger partial charge in [0.1, 0.15) is 6.23 Å². The van der Waals surface area contributed by atoms with Gasteiger partial charge in [-0.25, -0.2) is 5.43 Å². The molecule has 0 aromatic heterocycles. The second kappa shape index (κ2) is 2.14. The van der Waals surface area contributed by atoms with Gasteiger partial charge in [0.15, 0.2) is 0 Å². The smallest absolute Gasteiger partial charge is 0.117 e. The fourth-order valence-corrected chi connectivity index (χ4v) is 0. The molecule has 0 heterocycles. The van der Waals surface area contributed by atoms with Crippen LogP contribution in [0.25, 0.3) is 0 Å². The maximum atomic E-state index is 8.01. The summed E-state index contributed by atoms with van der Waals surface area (Å²) in [5, 5.41) is 8.01. The highest BCUT2D eigenvalue weighted by Crippen LogP contribution is 1.55. The zero-order valence-corrected chi connectivity index (χ0v) is 2.81. The third-order valence-electron chi connectivity index (χ3n) is 0.192. The number of rotatable bonds is 1. The van der Waals surface area contributed by atoms with E-state index in [1.165, 1.54) is 0 Å². The van der Waals surface area contributed by atoms with Gasteiger partial charge in [0.05, 0.1) is 0 Å². The molecule has 0 saturated heterocycles. The summed E-state index contributed by atoms with van der Waals surface area (Å²) in [5.74, 6) is 4.61. The molecular weight excluding hydrogens is 68.0 g/mol. The molecule has 0 saturated carbocycles. The Morgan fingerprint density at radius 3 is 2.20 bits per heavy atom. The summed E-state index contributed by atoms with van der Waals surface area (Å²) >= 11 is 0. The maximum Gasteiger partial charge on any atom is 0.117 e. The van der Waals surface area contributed by atoms with Crippen molar-refractivity contribution in [2.24, 2.45) is 5.84 Å². The standard InChI is InChI=1S/C2H7N2O/c1-2(5)4-3/h2,4-5H,1,3H2. The number of hydrogen-bond donors (Lipinski definition) is 3. The van der Waals surface area contributed by atoms with Gasteiger partial charge in [-0.3, -0.25) is 5.84 Å². The highest BCUT2D eigenvalue weighted by molar-refractivity contribution is 4.42. The molecule has 0 aliphatic carbocycles. The van der Waals surface area contributed by atoms with Gasteiger partial charge in [-0.15, -0.1) is 0 Å². The minimum atomic E-state index is -0.838. The lowest BCUT2D eigenvalue weighted by Gasteiger charge is -1.94. The van der Waals surface area contributed by atoms with E-state index in [0.717, 1.165) is 0 Å². The Kier molecular flexibility index (Phi) is 2.09. The second-order valence-corrected chi connectivity index (χ2v) is 0.682. The summed E-state index contributed by atoms with van der Waals surface area (Å²) < 4.78 is 0. The molecule has 3 nitrogen and oxygen atoms in total. The van der Waals surface area contributed by atoms with Gasteiger partial charge in [-0.2, -0.15) is 0 Å². The van der Waals surface area contributed by atoms with Crippen molar-refractivity contribution in [2.45, 2.75) is 6.23 Å². The molecule has 1 radical (unpaired) electrons. The third-order valence-corrected chi connectivity index (χ3v) is 0.192. The van der Waals surface area contributed by atoms with Crippen molar-refractivity contribution in [3.8, 4) is 0 Å². The van der Waals surface area contributed by atoms with Gasteiger partial charge in [0.25, 0.3) is 0 Å². The largest absolute Gasteiger partial charge is 0.377 e. The van der Waals surface area contributed by atoms with Crippen molar-refractivity contribution in [3.05, 3.63) is 6.92 Å². The topological polar surface area (TPSA) is 58.3 Å². The van der Waals surface area contributed by atoms with Crippen molar-refractivity contribution >= 4 is 0 Å². The molecule has 0 aliphatic rings. The number of nitrogens with two attached hydrogens (primary N) is 1. The Bertz CT molecular complexity index is 21.6. The lowest BCUT2D eigenvalue weighted by Crippen LogP contribution is -2.31. The molecule has 31 valence electrons. The van der Waals surface area contributed by atoms with Crippen LogP contribution >= 0.6 is 0 Å². The monoisotopic (exact) mass is 75.1 g/mol. The highest BCUT2D eigenvalue weighted by atomic mass is 16.3. The molecule has 1 unspecified atom stereocenters. The molecule has 0 bridgehead atoms.